The van der Waals surface area contributed by atoms with Crippen molar-refractivity contribution >= 4 is 29.5 Å². The van der Waals surface area contributed by atoms with Gasteiger partial charge in [-0.05, 0) is 55.7 Å². The topological polar surface area (TPSA) is 157 Å². The van der Waals surface area contributed by atoms with Crippen molar-refractivity contribution in [2.45, 2.75) is 103 Å². The van der Waals surface area contributed by atoms with Gasteiger partial charge in [-0.3, -0.25) is 29.2 Å². The summed E-state index contributed by atoms with van der Waals surface area (Å²) in [6, 6.07) is 3.69. The lowest BCUT2D eigenvalue weighted by molar-refractivity contribution is -0.162. The summed E-state index contributed by atoms with van der Waals surface area (Å²) in [6.07, 6.45) is 4.75. The van der Waals surface area contributed by atoms with Crippen LogP contribution in [0, 0.1) is 5.92 Å². The lowest BCUT2D eigenvalue weighted by Crippen LogP contribution is -2.64. The molecule has 12 heteroatoms. The molecule has 2 aliphatic heterocycles. The summed E-state index contributed by atoms with van der Waals surface area (Å²) in [4.78, 5) is 67.8. The number of unbranched alkanes of at least 4 members (excludes halogenated alkanes) is 2. The molecule has 2 aliphatic rings. The monoisotopic (exact) mass is 601 g/mol. The van der Waals surface area contributed by atoms with Crippen molar-refractivity contribution in [2.75, 3.05) is 20.2 Å². The minimum absolute atomic E-state index is 0.166. The third-order valence-electron chi connectivity index (χ3n) is 8.46. The van der Waals surface area contributed by atoms with E-state index in [0.717, 1.165) is 18.4 Å². The Bertz CT molecular complexity index is 1130. The predicted molar refractivity (Wildman–Crippen MR) is 159 cm³/mol. The van der Waals surface area contributed by atoms with Gasteiger partial charge in [0.05, 0.1) is 7.11 Å². The zero-order valence-corrected chi connectivity index (χ0v) is 25.8. The molecular weight excluding hydrogens is 554 g/mol. The van der Waals surface area contributed by atoms with E-state index < -0.39 is 41.9 Å². The van der Waals surface area contributed by atoms with Crippen LogP contribution in [0.15, 0.2) is 24.3 Å². The first-order valence-electron chi connectivity index (χ1n) is 15.4. The van der Waals surface area contributed by atoms with Crippen LogP contribution in [0.4, 0.5) is 0 Å². The first-order valence-corrected chi connectivity index (χ1v) is 15.4. The summed E-state index contributed by atoms with van der Waals surface area (Å²) < 4.78 is 5.24. The van der Waals surface area contributed by atoms with Crippen LogP contribution in [0.25, 0.3) is 0 Å². The number of hydroxylamine groups is 2. The van der Waals surface area contributed by atoms with E-state index in [4.69, 9.17) is 4.74 Å². The number of amides is 5. The maximum atomic E-state index is 13.9. The van der Waals surface area contributed by atoms with Crippen LogP contribution in [0.3, 0.4) is 0 Å². The van der Waals surface area contributed by atoms with E-state index in [2.05, 4.69) is 16.0 Å². The third-order valence-corrected chi connectivity index (χ3v) is 8.46. The number of fused-ring (bicyclic) bond motifs is 1. The molecule has 2 saturated heterocycles. The van der Waals surface area contributed by atoms with Gasteiger partial charge in [0.1, 0.15) is 29.9 Å². The van der Waals surface area contributed by atoms with Gasteiger partial charge in [0, 0.05) is 26.4 Å². The predicted octanol–water partition coefficient (Wildman–Crippen LogP) is 1.93. The van der Waals surface area contributed by atoms with Gasteiger partial charge in [0.2, 0.25) is 29.5 Å². The molecule has 238 valence electrons. The molecular formula is C31H47N5O7. The molecule has 0 bridgehead atoms. The fraction of sp³-hybridized carbons (Fsp3) is 0.645. The highest BCUT2D eigenvalue weighted by Gasteiger charge is 2.40. The fourth-order valence-corrected chi connectivity index (χ4v) is 5.54. The number of benzene rings is 1. The Kier molecular flexibility index (Phi) is 12.8. The molecule has 0 spiro atoms. The number of hydrogen-bond acceptors (Lipinski definition) is 7. The van der Waals surface area contributed by atoms with Crippen LogP contribution >= 0.6 is 0 Å². The van der Waals surface area contributed by atoms with E-state index in [0.29, 0.717) is 49.5 Å². The second kappa shape index (κ2) is 16.3. The Morgan fingerprint density at radius 1 is 1.00 bits per heavy atom. The quantitative estimate of drug-likeness (QED) is 0.171. The van der Waals surface area contributed by atoms with Gasteiger partial charge < -0.3 is 25.6 Å². The molecule has 5 amide bonds. The molecule has 0 saturated carbocycles. The van der Waals surface area contributed by atoms with Gasteiger partial charge in [-0.15, -0.1) is 0 Å². The Hall–Kier alpha value is -3.67. The van der Waals surface area contributed by atoms with Gasteiger partial charge in [-0.2, -0.15) is 0 Å². The normalized spacial score (nSPS) is 24.0. The first kappa shape index (κ1) is 33.8. The van der Waals surface area contributed by atoms with Crippen LogP contribution < -0.4 is 20.7 Å². The van der Waals surface area contributed by atoms with E-state index in [1.807, 2.05) is 26.0 Å². The highest BCUT2D eigenvalue weighted by Crippen LogP contribution is 2.22. The van der Waals surface area contributed by atoms with Crippen LogP contribution in [0.5, 0.6) is 5.75 Å². The first-order chi connectivity index (χ1) is 20.5. The molecule has 0 aliphatic carbocycles. The lowest BCUT2D eigenvalue weighted by Gasteiger charge is -2.39. The third kappa shape index (κ3) is 9.41. The Morgan fingerprint density at radius 2 is 1.67 bits per heavy atom. The molecule has 4 N–H and O–H groups in total. The zero-order chi connectivity index (χ0) is 31.5. The van der Waals surface area contributed by atoms with E-state index >= 15 is 0 Å². The molecule has 0 aromatic heterocycles. The SMILES string of the molecule is CC[C@@H](C)[C@@H]1NC(=O)[C@@H](Cc2ccc(OC)cc2)NC(=O)[C@H](CCCCCN(O)C(C)=O)NC(=O)[C@@H]2CCCCN2C1=O. The number of hydrogen-bond donors (Lipinski definition) is 4. The standard InChI is InChI=1S/C31H47N5O7/c1-5-20(2)27-31(41)35-17-10-8-12-26(35)30(40)32-24(11-7-6-9-18-36(42)21(3)37)28(38)33-25(29(39)34-27)19-22-13-15-23(43-4)16-14-22/h13-16,20,24-27,42H,5-12,17-19H2,1-4H3,(H,32,40)(H,33,38)(H,34,39)/t20-,24+,25-,26+,27+/m1/s1. The number of nitrogens with one attached hydrogen (secondary N) is 3. The van der Waals surface area contributed by atoms with Crippen LogP contribution in [-0.2, 0) is 30.4 Å². The van der Waals surface area contributed by atoms with Gasteiger partial charge in [0.25, 0.3) is 0 Å². The summed E-state index contributed by atoms with van der Waals surface area (Å²) in [6.45, 7) is 5.68. The minimum Gasteiger partial charge on any atom is -0.497 e. The molecule has 1 aromatic rings. The molecule has 0 radical (unpaired) electrons. The Balaban J connectivity index is 1.88. The Labute approximate surface area is 253 Å². The average Bonchev–Trinajstić information content (AvgIpc) is 3.01. The summed E-state index contributed by atoms with van der Waals surface area (Å²) in [5.74, 6) is -1.59. The molecule has 2 fully saturated rings. The second-order valence-electron chi connectivity index (χ2n) is 11.6. The van der Waals surface area contributed by atoms with Crippen molar-refractivity contribution in [3.05, 3.63) is 29.8 Å². The van der Waals surface area contributed by atoms with Crippen molar-refractivity contribution in [2.24, 2.45) is 5.92 Å². The number of methoxy groups -OCH3 is 1. The van der Waals surface area contributed by atoms with Crippen LogP contribution in [-0.4, -0.2) is 89.1 Å². The maximum Gasteiger partial charge on any atom is 0.246 e. The van der Waals surface area contributed by atoms with Crippen molar-refractivity contribution in [3.8, 4) is 5.75 Å². The number of ether oxygens (including phenoxy) is 1. The van der Waals surface area contributed by atoms with Crippen molar-refractivity contribution in [1.82, 2.24) is 25.9 Å². The molecule has 0 unspecified atom stereocenters. The van der Waals surface area contributed by atoms with Gasteiger partial charge in [0.15, 0.2) is 0 Å². The van der Waals surface area contributed by atoms with Gasteiger partial charge in [-0.25, -0.2) is 5.06 Å². The Morgan fingerprint density at radius 3 is 2.33 bits per heavy atom. The second-order valence-corrected chi connectivity index (χ2v) is 11.6. The number of piperidine rings is 1. The summed E-state index contributed by atoms with van der Waals surface area (Å²) >= 11 is 0. The highest BCUT2D eigenvalue weighted by molar-refractivity contribution is 5.97. The molecule has 43 heavy (non-hydrogen) atoms. The van der Waals surface area contributed by atoms with Crippen molar-refractivity contribution in [1.29, 1.82) is 0 Å². The van der Waals surface area contributed by atoms with Crippen LogP contribution in [0.2, 0.25) is 0 Å². The summed E-state index contributed by atoms with van der Waals surface area (Å²) in [5.41, 5.74) is 0.787. The number of carbonyl (C=O) groups is 5. The molecule has 1 aromatic carbocycles. The van der Waals surface area contributed by atoms with Gasteiger partial charge in [-0.1, -0.05) is 45.2 Å². The van der Waals surface area contributed by atoms with Crippen molar-refractivity contribution in [3.63, 3.8) is 0 Å². The lowest BCUT2D eigenvalue weighted by atomic mass is 9.93. The van der Waals surface area contributed by atoms with Gasteiger partial charge >= 0.3 is 0 Å². The summed E-state index contributed by atoms with van der Waals surface area (Å²) in [7, 11) is 1.56. The largest absolute Gasteiger partial charge is 0.497 e. The summed E-state index contributed by atoms with van der Waals surface area (Å²) in [5, 5.41) is 18.9. The molecule has 12 nitrogen and oxygen atoms in total. The van der Waals surface area contributed by atoms with E-state index in [1.165, 1.54) is 6.92 Å². The van der Waals surface area contributed by atoms with E-state index in [1.54, 1.807) is 24.1 Å². The van der Waals surface area contributed by atoms with Crippen molar-refractivity contribution < 1.29 is 33.9 Å². The average molecular weight is 602 g/mol. The van der Waals surface area contributed by atoms with Crippen LogP contribution in [0.1, 0.15) is 77.7 Å². The molecule has 3 rings (SSSR count). The zero-order valence-electron chi connectivity index (χ0n) is 25.8. The smallest absolute Gasteiger partial charge is 0.246 e. The fourth-order valence-electron chi connectivity index (χ4n) is 5.54. The number of carbonyl (C=O) groups excluding carboxylic acids is 5. The van der Waals surface area contributed by atoms with E-state index in [-0.39, 0.29) is 37.1 Å². The highest BCUT2D eigenvalue weighted by atomic mass is 16.5. The molecule has 2 heterocycles. The number of rotatable bonds is 11. The van der Waals surface area contributed by atoms with E-state index in [9.17, 15) is 29.2 Å². The number of nitrogens with zero attached hydrogens (tertiary/aromatic N) is 2. The minimum atomic E-state index is -0.991. The maximum absolute atomic E-state index is 13.9. The molecule has 5 atom stereocenters.